The van der Waals surface area contributed by atoms with Crippen LogP contribution in [-0.4, -0.2) is 50.3 Å². The van der Waals surface area contributed by atoms with Crippen molar-refractivity contribution in [3.05, 3.63) is 17.7 Å². The minimum absolute atomic E-state index is 0.0130. The fraction of sp³-hybridized carbons (Fsp3) is 0.533. The average molecular weight is 294 g/mol. The van der Waals surface area contributed by atoms with Gasteiger partial charge in [-0.1, -0.05) is 0 Å². The van der Waals surface area contributed by atoms with Gasteiger partial charge in [0, 0.05) is 24.8 Å². The molecule has 1 saturated heterocycles. The number of morpholine rings is 1. The van der Waals surface area contributed by atoms with Gasteiger partial charge in [0.05, 0.1) is 32.0 Å². The number of benzene rings is 1. The Morgan fingerprint density at radius 1 is 1.19 bits per heavy atom. The second-order valence-electron chi connectivity index (χ2n) is 5.26. The molecule has 1 heterocycles. The minimum Gasteiger partial charge on any atom is -0.493 e. The molecule has 2 N–H and O–H groups in total. The second kappa shape index (κ2) is 6.22. The highest BCUT2D eigenvalue weighted by Gasteiger charge is 2.28. The summed E-state index contributed by atoms with van der Waals surface area (Å²) < 4.78 is 16.1. The molecule has 1 aromatic rings. The maximum atomic E-state index is 12.7. The fourth-order valence-electron chi connectivity index (χ4n) is 2.59. The molecule has 0 spiro atoms. The van der Waals surface area contributed by atoms with Crippen molar-refractivity contribution in [1.29, 1.82) is 0 Å². The van der Waals surface area contributed by atoms with E-state index in [-0.39, 0.29) is 18.1 Å². The van der Waals surface area contributed by atoms with Gasteiger partial charge in [0.25, 0.3) is 5.91 Å². The lowest BCUT2D eigenvalue weighted by Gasteiger charge is -2.35. The van der Waals surface area contributed by atoms with Crippen LogP contribution in [0.25, 0.3) is 0 Å². The SMILES string of the molecule is COc1cc(N)c(C(=O)N2CC(C)OC(C)C2)cc1OC. The van der Waals surface area contributed by atoms with Crippen molar-refractivity contribution >= 4 is 11.6 Å². The summed E-state index contributed by atoms with van der Waals surface area (Å²) >= 11 is 0. The number of methoxy groups -OCH3 is 2. The number of amides is 1. The molecule has 0 radical (unpaired) electrons. The predicted molar refractivity (Wildman–Crippen MR) is 79.9 cm³/mol. The minimum atomic E-state index is -0.115. The monoisotopic (exact) mass is 294 g/mol. The summed E-state index contributed by atoms with van der Waals surface area (Å²) in [4.78, 5) is 14.4. The first-order valence-corrected chi connectivity index (χ1v) is 6.92. The fourth-order valence-corrected chi connectivity index (χ4v) is 2.59. The Balaban J connectivity index is 2.30. The first-order chi connectivity index (χ1) is 9.96. The van der Waals surface area contributed by atoms with Crippen LogP contribution in [0.4, 0.5) is 5.69 Å². The largest absolute Gasteiger partial charge is 0.493 e. The molecule has 0 saturated carbocycles. The van der Waals surface area contributed by atoms with Crippen LogP contribution in [-0.2, 0) is 4.74 Å². The summed E-state index contributed by atoms with van der Waals surface area (Å²) in [6, 6.07) is 3.24. The van der Waals surface area contributed by atoms with Gasteiger partial charge in [0.1, 0.15) is 0 Å². The molecule has 1 fully saturated rings. The normalized spacial score (nSPS) is 22.0. The third-order valence-corrected chi connectivity index (χ3v) is 3.49. The lowest BCUT2D eigenvalue weighted by molar-refractivity contribution is -0.0586. The van der Waals surface area contributed by atoms with E-state index in [1.165, 1.54) is 14.2 Å². The number of anilines is 1. The quantitative estimate of drug-likeness (QED) is 0.856. The number of nitrogens with two attached hydrogens (primary N) is 1. The van der Waals surface area contributed by atoms with E-state index in [9.17, 15) is 4.79 Å². The number of hydrogen-bond donors (Lipinski definition) is 1. The highest BCUT2D eigenvalue weighted by Crippen LogP contribution is 2.32. The van der Waals surface area contributed by atoms with E-state index >= 15 is 0 Å². The van der Waals surface area contributed by atoms with E-state index in [1.54, 1.807) is 17.0 Å². The van der Waals surface area contributed by atoms with Gasteiger partial charge >= 0.3 is 0 Å². The van der Waals surface area contributed by atoms with Crippen molar-refractivity contribution in [2.45, 2.75) is 26.1 Å². The Morgan fingerprint density at radius 3 is 2.24 bits per heavy atom. The molecule has 1 aliphatic heterocycles. The third kappa shape index (κ3) is 3.21. The maximum Gasteiger partial charge on any atom is 0.256 e. The maximum absolute atomic E-state index is 12.7. The molecule has 116 valence electrons. The predicted octanol–water partition coefficient (Wildman–Crippen LogP) is 1.54. The lowest BCUT2D eigenvalue weighted by Crippen LogP contribution is -2.48. The zero-order chi connectivity index (χ0) is 15.6. The van der Waals surface area contributed by atoms with E-state index in [1.807, 2.05) is 13.8 Å². The van der Waals surface area contributed by atoms with Crippen LogP contribution in [0.2, 0.25) is 0 Å². The first kappa shape index (κ1) is 15.4. The molecule has 0 aromatic heterocycles. The molecule has 21 heavy (non-hydrogen) atoms. The molecule has 0 bridgehead atoms. The number of rotatable bonds is 3. The summed E-state index contributed by atoms with van der Waals surface area (Å²) in [5.74, 6) is 0.884. The Labute approximate surface area is 124 Å². The van der Waals surface area contributed by atoms with E-state index in [2.05, 4.69) is 0 Å². The molecular formula is C15H22N2O4. The molecule has 6 nitrogen and oxygen atoms in total. The van der Waals surface area contributed by atoms with Crippen molar-refractivity contribution in [2.24, 2.45) is 0 Å². The highest BCUT2D eigenvalue weighted by molar-refractivity contribution is 6.00. The molecule has 1 amide bonds. The molecule has 2 rings (SSSR count). The molecule has 0 aliphatic carbocycles. The zero-order valence-corrected chi connectivity index (χ0v) is 12.9. The summed E-state index contributed by atoms with van der Waals surface area (Å²) in [5, 5.41) is 0. The van der Waals surface area contributed by atoms with Crippen LogP contribution in [0.3, 0.4) is 0 Å². The van der Waals surface area contributed by atoms with Gasteiger partial charge in [0.2, 0.25) is 0 Å². The van der Waals surface area contributed by atoms with Crippen molar-refractivity contribution in [1.82, 2.24) is 4.90 Å². The molecular weight excluding hydrogens is 272 g/mol. The van der Waals surface area contributed by atoms with Gasteiger partial charge in [-0.05, 0) is 19.9 Å². The summed E-state index contributed by atoms with van der Waals surface area (Å²) in [6.07, 6.45) is 0.0261. The van der Waals surface area contributed by atoms with Crippen LogP contribution in [0, 0.1) is 0 Å². The molecule has 2 unspecified atom stereocenters. The van der Waals surface area contributed by atoms with Crippen LogP contribution >= 0.6 is 0 Å². The molecule has 1 aromatic carbocycles. The number of hydrogen-bond acceptors (Lipinski definition) is 5. The number of nitrogens with zero attached hydrogens (tertiary/aromatic N) is 1. The smallest absolute Gasteiger partial charge is 0.256 e. The molecule has 1 aliphatic rings. The van der Waals surface area contributed by atoms with Crippen molar-refractivity contribution < 1.29 is 19.0 Å². The first-order valence-electron chi connectivity index (χ1n) is 6.92. The molecule has 6 heteroatoms. The van der Waals surface area contributed by atoms with Gasteiger partial charge in [-0.25, -0.2) is 0 Å². The van der Waals surface area contributed by atoms with Crippen molar-refractivity contribution in [3.63, 3.8) is 0 Å². The van der Waals surface area contributed by atoms with Crippen molar-refractivity contribution in [2.75, 3.05) is 33.0 Å². The standard InChI is InChI=1S/C15H22N2O4/c1-9-7-17(8-10(2)21-9)15(18)11-5-13(19-3)14(20-4)6-12(11)16/h5-6,9-10H,7-8,16H2,1-4H3. The highest BCUT2D eigenvalue weighted by atomic mass is 16.5. The van der Waals surface area contributed by atoms with Gasteiger partial charge in [-0.3, -0.25) is 4.79 Å². The summed E-state index contributed by atoms with van der Waals surface area (Å²) in [5.41, 5.74) is 6.79. The van der Waals surface area contributed by atoms with Gasteiger partial charge in [-0.15, -0.1) is 0 Å². The van der Waals surface area contributed by atoms with Gasteiger partial charge in [-0.2, -0.15) is 0 Å². The number of carbonyl (C=O) groups excluding carboxylic acids is 1. The Bertz CT molecular complexity index is 523. The lowest BCUT2D eigenvalue weighted by atomic mass is 10.1. The summed E-state index contributed by atoms with van der Waals surface area (Å²) in [6.45, 7) is 5.01. The van der Waals surface area contributed by atoms with Gasteiger partial charge < -0.3 is 24.8 Å². The number of carbonyl (C=O) groups is 1. The Hall–Kier alpha value is -1.95. The van der Waals surface area contributed by atoms with E-state index in [0.717, 1.165) is 0 Å². The number of ether oxygens (including phenoxy) is 3. The van der Waals surface area contributed by atoms with E-state index < -0.39 is 0 Å². The van der Waals surface area contributed by atoms with Gasteiger partial charge in [0.15, 0.2) is 11.5 Å². The Morgan fingerprint density at radius 2 is 1.71 bits per heavy atom. The zero-order valence-electron chi connectivity index (χ0n) is 12.9. The van der Waals surface area contributed by atoms with Crippen molar-refractivity contribution in [3.8, 4) is 11.5 Å². The third-order valence-electron chi connectivity index (χ3n) is 3.49. The Kier molecular flexibility index (Phi) is 4.57. The van der Waals surface area contributed by atoms with Crippen LogP contribution in [0.1, 0.15) is 24.2 Å². The van der Waals surface area contributed by atoms with E-state index in [0.29, 0.717) is 35.8 Å². The second-order valence-corrected chi connectivity index (χ2v) is 5.26. The van der Waals surface area contributed by atoms with E-state index in [4.69, 9.17) is 19.9 Å². The number of nitrogen functional groups attached to an aromatic ring is 1. The summed E-state index contributed by atoms with van der Waals surface area (Å²) in [7, 11) is 3.06. The average Bonchev–Trinajstić information content (AvgIpc) is 2.45. The van der Waals surface area contributed by atoms with Crippen LogP contribution < -0.4 is 15.2 Å². The van der Waals surface area contributed by atoms with Crippen LogP contribution in [0.5, 0.6) is 11.5 Å². The van der Waals surface area contributed by atoms with Crippen LogP contribution in [0.15, 0.2) is 12.1 Å². The topological polar surface area (TPSA) is 74.0 Å². The molecule has 2 atom stereocenters.